The maximum Gasteiger partial charge on any atom is 0.0648 e. The van der Waals surface area contributed by atoms with E-state index in [1.54, 1.807) is 6.08 Å². The third kappa shape index (κ3) is 2.30. The Bertz CT molecular complexity index is 310. The van der Waals surface area contributed by atoms with Crippen LogP contribution in [0.15, 0.2) is 30.9 Å². The van der Waals surface area contributed by atoms with Gasteiger partial charge in [-0.05, 0) is 40.6 Å². The average molecular weight is 288 g/mol. The van der Waals surface area contributed by atoms with Crippen molar-refractivity contribution in [3.05, 3.63) is 45.6 Å². The zero-order chi connectivity index (χ0) is 9.84. The molecule has 70 valence electrons. The molecule has 1 aromatic rings. The Balaban J connectivity index is 3.13. The minimum atomic E-state index is 0.0341. The first-order chi connectivity index (χ1) is 6.20. The van der Waals surface area contributed by atoms with Crippen molar-refractivity contribution in [2.24, 2.45) is 5.84 Å². The van der Waals surface area contributed by atoms with Crippen molar-refractivity contribution >= 4 is 22.6 Å². The standard InChI is InChI=1S/C10H13IN2/c1-3-9(13-12)8-6-4-5-7(2)10(8)11/h3-6,9,13H,1,12H2,2H3. The molecule has 1 rings (SSSR count). The molecule has 0 aliphatic heterocycles. The van der Waals surface area contributed by atoms with Gasteiger partial charge in [0.15, 0.2) is 0 Å². The van der Waals surface area contributed by atoms with Crippen LogP contribution >= 0.6 is 22.6 Å². The van der Waals surface area contributed by atoms with E-state index >= 15 is 0 Å². The van der Waals surface area contributed by atoms with Gasteiger partial charge in [0.25, 0.3) is 0 Å². The van der Waals surface area contributed by atoms with E-state index in [1.165, 1.54) is 14.7 Å². The second-order valence-corrected chi connectivity index (χ2v) is 3.94. The summed E-state index contributed by atoms with van der Waals surface area (Å²) in [5.74, 6) is 5.41. The Morgan fingerprint density at radius 3 is 2.85 bits per heavy atom. The van der Waals surface area contributed by atoms with E-state index in [1.807, 2.05) is 6.07 Å². The molecule has 0 heterocycles. The van der Waals surface area contributed by atoms with Crippen LogP contribution < -0.4 is 11.3 Å². The monoisotopic (exact) mass is 288 g/mol. The lowest BCUT2D eigenvalue weighted by molar-refractivity contribution is 0.653. The van der Waals surface area contributed by atoms with Crippen LogP contribution in [0.3, 0.4) is 0 Å². The predicted molar refractivity (Wildman–Crippen MR) is 64.2 cm³/mol. The molecule has 3 heteroatoms. The van der Waals surface area contributed by atoms with Crippen molar-refractivity contribution in [1.29, 1.82) is 0 Å². The van der Waals surface area contributed by atoms with Gasteiger partial charge in [-0.1, -0.05) is 24.3 Å². The summed E-state index contributed by atoms with van der Waals surface area (Å²) in [6.45, 7) is 5.82. The van der Waals surface area contributed by atoms with Gasteiger partial charge < -0.3 is 0 Å². The van der Waals surface area contributed by atoms with Crippen molar-refractivity contribution in [2.45, 2.75) is 13.0 Å². The molecule has 0 aromatic heterocycles. The van der Waals surface area contributed by atoms with Gasteiger partial charge in [-0.2, -0.15) is 0 Å². The first-order valence-corrected chi connectivity index (χ1v) is 5.12. The lowest BCUT2D eigenvalue weighted by atomic mass is 10.1. The number of rotatable bonds is 3. The summed E-state index contributed by atoms with van der Waals surface area (Å²) in [5, 5.41) is 0. The molecule has 0 fully saturated rings. The number of benzene rings is 1. The van der Waals surface area contributed by atoms with Gasteiger partial charge in [-0.3, -0.25) is 5.84 Å². The second-order valence-electron chi connectivity index (χ2n) is 2.86. The molecule has 1 aromatic carbocycles. The van der Waals surface area contributed by atoms with E-state index in [0.717, 1.165) is 0 Å². The van der Waals surface area contributed by atoms with Crippen LogP contribution in [-0.4, -0.2) is 0 Å². The zero-order valence-corrected chi connectivity index (χ0v) is 9.71. The Morgan fingerprint density at radius 2 is 2.31 bits per heavy atom. The Hall–Kier alpha value is -0.390. The minimum absolute atomic E-state index is 0.0341. The zero-order valence-electron chi connectivity index (χ0n) is 7.55. The fourth-order valence-corrected chi connectivity index (χ4v) is 1.89. The molecule has 3 N–H and O–H groups in total. The summed E-state index contributed by atoms with van der Waals surface area (Å²) in [6, 6.07) is 6.20. The van der Waals surface area contributed by atoms with Gasteiger partial charge >= 0.3 is 0 Å². The number of aryl methyl sites for hydroxylation is 1. The van der Waals surface area contributed by atoms with Crippen molar-refractivity contribution in [3.8, 4) is 0 Å². The van der Waals surface area contributed by atoms with Crippen LogP contribution in [0.1, 0.15) is 17.2 Å². The molecular formula is C10H13IN2. The Labute approximate surface area is 92.3 Å². The summed E-state index contributed by atoms with van der Waals surface area (Å²) in [6.07, 6.45) is 1.80. The molecule has 13 heavy (non-hydrogen) atoms. The molecule has 0 amide bonds. The number of hydrogen-bond acceptors (Lipinski definition) is 2. The maximum absolute atomic E-state index is 5.41. The number of halogens is 1. The molecule has 0 saturated heterocycles. The number of hydrogen-bond donors (Lipinski definition) is 2. The van der Waals surface area contributed by atoms with E-state index in [2.05, 4.69) is 53.7 Å². The van der Waals surface area contributed by atoms with Crippen LogP contribution in [0.25, 0.3) is 0 Å². The van der Waals surface area contributed by atoms with Crippen LogP contribution in [0.2, 0.25) is 0 Å². The highest BCUT2D eigenvalue weighted by Crippen LogP contribution is 2.22. The van der Waals surface area contributed by atoms with Gasteiger partial charge in [0.2, 0.25) is 0 Å². The quantitative estimate of drug-likeness (QED) is 0.387. The van der Waals surface area contributed by atoms with E-state index in [-0.39, 0.29) is 6.04 Å². The van der Waals surface area contributed by atoms with Crippen molar-refractivity contribution in [3.63, 3.8) is 0 Å². The molecule has 2 nitrogen and oxygen atoms in total. The fraction of sp³-hybridized carbons (Fsp3) is 0.200. The smallest absolute Gasteiger partial charge is 0.0648 e. The molecular weight excluding hydrogens is 275 g/mol. The molecule has 1 unspecified atom stereocenters. The normalized spacial score (nSPS) is 12.5. The van der Waals surface area contributed by atoms with Gasteiger partial charge in [0.1, 0.15) is 0 Å². The molecule has 0 aliphatic carbocycles. The van der Waals surface area contributed by atoms with Crippen LogP contribution in [0.4, 0.5) is 0 Å². The summed E-state index contributed by atoms with van der Waals surface area (Å²) >= 11 is 2.32. The Kier molecular flexibility index (Phi) is 3.90. The molecule has 0 aliphatic rings. The second kappa shape index (κ2) is 4.74. The van der Waals surface area contributed by atoms with E-state index < -0.39 is 0 Å². The fourth-order valence-electron chi connectivity index (χ4n) is 1.20. The molecule has 0 spiro atoms. The summed E-state index contributed by atoms with van der Waals surface area (Å²) in [4.78, 5) is 0. The largest absolute Gasteiger partial charge is 0.271 e. The number of nitrogens with one attached hydrogen (secondary N) is 1. The molecule has 0 radical (unpaired) electrons. The van der Waals surface area contributed by atoms with Crippen LogP contribution in [0, 0.1) is 10.5 Å². The lowest BCUT2D eigenvalue weighted by Crippen LogP contribution is -2.27. The maximum atomic E-state index is 5.41. The first kappa shape index (κ1) is 10.7. The van der Waals surface area contributed by atoms with Gasteiger partial charge in [0.05, 0.1) is 6.04 Å². The highest BCUT2D eigenvalue weighted by Gasteiger charge is 2.09. The SMILES string of the molecule is C=CC(NN)c1cccc(C)c1I. The van der Waals surface area contributed by atoms with Crippen LogP contribution in [-0.2, 0) is 0 Å². The highest BCUT2D eigenvalue weighted by atomic mass is 127. The van der Waals surface area contributed by atoms with Crippen molar-refractivity contribution in [1.82, 2.24) is 5.43 Å². The summed E-state index contributed by atoms with van der Waals surface area (Å²) < 4.78 is 1.24. The van der Waals surface area contributed by atoms with Gasteiger partial charge in [-0.25, -0.2) is 5.43 Å². The predicted octanol–water partition coefficient (Wildman–Crippen LogP) is 2.29. The van der Waals surface area contributed by atoms with Crippen molar-refractivity contribution in [2.75, 3.05) is 0 Å². The summed E-state index contributed by atoms with van der Waals surface area (Å²) in [5.41, 5.74) is 5.16. The molecule has 0 bridgehead atoms. The van der Waals surface area contributed by atoms with E-state index in [0.29, 0.717) is 0 Å². The first-order valence-electron chi connectivity index (χ1n) is 4.04. The lowest BCUT2D eigenvalue weighted by Gasteiger charge is -2.14. The van der Waals surface area contributed by atoms with E-state index in [4.69, 9.17) is 5.84 Å². The number of hydrazine groups is 1. The van der Waals surface area contributed by atoms with Crippen LogP contribution in [0.5, 0.6) is 0 Å². The van der Waals surface area contributed by atoms with Gasteiger partial charge in [0, 0.05) is 3.57 Å². The van der Waals surface area contributed by atoms with Gasteiger partial charge in [-0.15, -0.1) is 6.58 Å². The van der Waals surface area contributed by atoms with E-state index in [9.17, 15) is 0 Å². The number of nitrogens with two attached hydrogens (primary N) is 1. The third-order valence-electron chi connectivity index (χ3n) is 1.97. The minimum Gasteiger partial charge on any atom is -0.271 e. The van der Waals surface area contributed by atoms with Crippen molar-refractivity contribution < 1.29 is 0 Å². The Morgan fingerprint density at radius 1 is 1.62 bits per heavy atom. The molecule has 0 saturated carbocycles. The molecule has 1 atom stereocenters. The third-order valence-corrected chi connectivity index (χ3v) is 3.45. The average Bonchev–Trinajstić information content (AvgIpc) is 2.14. The highest BCUT2D eigenvalue weighted by molar-refractivity contribution is 14.1. The summed E-state index contributed by atoms with van der Waals surface area (Å²) in [7, 11) is 0. The topological polar surface area (TPSA) is 38.0 Å².